The zero-order valence-corrected chi connectivity index (χ0v) is 11.8. The summed E-state index contributed by atoms with van der Waals surface area (Å²) in [7, 11) is 2.01. The van der Waals surface area contributed by atoms with Crippen molar-refractivity contribution in [2.75, 3.05) is 7.05 Å². The standard InChI is InChI=1S/C13H17N3O2S/c1-9-5-11(18-12(9)13(17)15-14)7-16(2)6-10-3-4-19-8-10/h3-5,8H,6-7,14H2,1-2H3,(H,15,17). The Balaban J connectivity index is 2.01. The molecule has 2 aromatic heterocycles. The fourth-order valence-electron chi connectivity index (χ4n) is 1.93. The van der Waals surface area contributed by atoms with Gasteiger partial charge in [-0.15, -0.1) is 0 Å². The van der Waals surface area contributed by atoms with Crippen LogP contribution >= 0.6 is 11.3 Å². The van der Waals surface area contributed by atoms with E-state index in [9.17, 15) is 4.79 Å². The number of thiophene rings is 1. The number of amides is 1. The minimum absolute atomic E-state index is 0.279. The third kappa shape index (κ3) is 3.44. The SMILES string of the molecule is Cc1cc(CN(C)Cc2ccsc2)oc1C(=O)NN. The molecule has 6 heteroatoms. The van der Waals surface area contributed by atoms with Gasteiger partial charge in [0.2, 0.25) is 0 Å². The van der Waals surface area contributed by atoms with E-state index in [2.05, 4.69) is 27.2 Å². The maximum Gasteiger partial charge on any atom is 0.301 e. The maximum absolute atomic E-state index is 11.4. The molecule has 5 nitrogen and oxygen atoms in total. The predicted molar refractivity (Wildman–Crippen MR) is 74.6 cm³/mol. The van der Waals surface area contributed by atoms with Crippen LogP contribution in [0.1, 0.15) is 27.4 Å². The van der Waals surface area contributed by atoms with Crippen molar-refractivity contribution in [3.8, 4) is 0 Å². The van der Waals surface area contributed by atoms with E-state index in [4.69, 9.17) is 10.3 Å². The van der Waals surface area contributed by atoms with Crippen LogP contribution in [0, 0.1) is 6.92 Å². The van der Waals surface area contributed by atoms with Gasteiger partial charge in [0.05, 0.1) is 6.54 Å². The molecule has 3 N–H and O–H groups in total. The molecular weight excluding hydrogens is 262 g/mol. The highest BCUT2D eigenvalue weighted by Gasteiger charge is 2.15. The summed E-state index contributed by atoms with van der Waals surface area (Å²) >= 11 is 1.68. The van der Waals surface area contributed by atoms with E-state index in [1.165, 1.54) is 5.56 Å². The highest BCUT2D eigenvalue weighted by molar-refractivity contribution is 7.07. The first-order valence-electron chi connectivity index (χ1n) is 5.90. The number of furan rings is 1. The molecule has 0 saturated heterocycles. The smallest absolute Gasteiger partial charge is 0.301 e. The van der Waals surface area contributed by atoms with Crippen molar-refractivity contribution in [2.24, 2.45) is 5.84 Å². The van der Waals surface area contributed by atoms with Crippen LogP contribution < -0.4 is 11.3 Å². The Kier molecular flexibility index (Phi) is 4.36. The Morgan fingerprint density at radius 1 is 1.53 bits per heavy atom. The van der Waals surface area contributed by atoms with Crippen LogP contribution in [-0.2, 0) is 13.1 Å². The molecule has 2 heterocycles. The van der Waals surface area contributed by atoms with Crippen LogP contribution in [0.4, 0.5) is 0 Å². The lowest BCUT2D eigenvalue weighted by atomic mass is 10.2. The van der Waals surface area contributed by atoms with Crippen LogP contribution in [0.15, 0.2) is 27.3 Å². The molecule has 0 aliphatic carbocycles. The van der Waals surface area contributed by atoms with E-state index >= 15 is 0 Å². The zero-order chi connectivity index (χ0) is 13.8. The van der Waals surface area contributed by atoms with Crippen molar-refractivity contribution in [2.45, 2.75) is 20.0 Å². The van der Waals surface area contributed by atoms with E-state index in [0.717, 1.165) is 17.9 Å². The highest BCUT2D eigenvalue weighted by Crippen LogP contribution is 2.17. The normalized spacial score (nSPS) is 10.9. The lowest BCUT2D eigenvalue weighted by Gasteiger charge is -2.13. The van der Waals surface area contributed by atoms with Crippen LogP contribution in [0.5, 0.6) is 0 Å². The summed E-state index contributed by atoms with van der Waals surface area (Å²) in [5.74, 6) is 5.74. The predicted octanol–water partition coefficient (Wildman–Crippen LogP) is 1.89. The van der Waals surface area contributed by atoms with Gasteiger partial charge in [-0.2, -0.15) is 11.3 Å². The monoisotopic (exact) mass is 279 g/mol. The fourth-order valence-corrected chi connectivity index (χ4v) is 2.59. The molecular formula is C13H17N3O2S. The minimum atomic E-state index is -0.399. The van der Waals surface area contributed by atoms with Crippen molar-refractivity contribution < 1.29 is 9.21 Å². The van der Waals surface area contributed by atoms with E-state index in [1.54, 1.807) is 11.3 Å². The second kappa shape index (κ2) is 6.01. The van der Waals surface area contributed by atoms with Gasteiger partial charge in [0.15, 0.2) is 5.76 Å². The molecule has 2 aromatic rings. The Morgan fingerprint density at radius 2 is 2.32 bits per heavy atom. The Hall–Kier alpha value is -1.63. The lowest BCUT2D eigenvalue weighted by molar-refractivity contribution is 0.0921. The molecule has 1 amide bonds. The van der Waals surface area contributed by atoms with Crippen LogP contribution in [0.2, 0.25) is 0 Å². The molecule has 19 heavy (non-hydrogen) atoms. The summed E-state index contributed by atoms with van der Waals surface area (Å²) < 4.78 is 5.53. The number of aryl methyl sites for hydroxylation is 1. The number of hydrazine groups is 1. The van der Waals surface area contributed by atoms with Crippen LogP contribution in [-0.4, -0.2) is 17.9 Å². The summed E-state index contributed by atoms with van der Waals surface area (Å²) in [6.45, 7) is 3.33. The number of carbonyl (C=O) groups is 1. The first-order valence-corrected chi connectivity index (χ1v) is 6.84. The number of nitrogens with zero attached hydrogens (tertiary/aromatic N) is 1. The molecule has 0 aliphatic rings. The summed E-state index contributed by atoms with van der Waals surface area (Å²) in [5, 5.41) is 4.18. The van der Waals surface area contributed by atoms with Gasteiger partial charge in [-0.25, -0.2) is 5.84 Å². The summed E-state index contributed by atoms with van der Waals surface area (Å²) in [6, 6.07) is 3.97. The van der Waals surface area contributed by atoms with Gasteiger partial charge < -0.3 is 4.42 Å². The topological polar surface area (TPSA) is 71.5 Å². The second-order valence-corrected chi connectivity index (χ2v) is 5.28. The molecule has 2 rings (SSSR count). The molecule has 0 saturated carbocycles. The number of nitrogens with two attached hydrogens (primary N) is 1. The first kappa shape index (κ1) is 13.8. The number of nitrogens with one attached hydrogen (secondary N) is 1. The number of hydrogen-bond acceptors (Lipinski definition) is 5. The summed E-state index contributed by atoms with van der Waals surface area (Å²) in [5.41, 5.74) is 4.15. The van der Waals surface area contributed by atoms with Gasteiger partial charge in [-0.3, -0.25) is 15.1 Å². The summed E-state index contributed by atoms with van der Waals surface area (Å²) in [4.78, 5) is 13.6. The van der Waals surface area contributed by atoms with Crippen molar-refractivity contribution in [1.29, 1.82) is 0 Å². The average molecular weight is 279 g/mol. The van der Waals surface area contributed by atoms with Crippen molar-refractivity contribution in [3.05, 3.63) is 45.5 Å². The average Bonchev–Trinajstić information content (AvgIpc) is 2.98. The van der Waals surface area contributed by atoms with E-state index in [0.29, 0.717) is 6.54 Å². The number of carbonyl (C=O) groups excluding carboxylic acids is 1. The molecule has 0 spiro atoms. The third-order valence-corrected chi connectivity index (χ3v) is 3.50. The zero-order valence-electron chi connectivity index (χ0n) is 11.0. The Labute approximate surface area is 116 Å². The van der Waals surface area contributed by atoms with Gasteiger partial charge in [-0.05, 0) is 42.4 Å². The highest BCUT2D eigenvalue weighted by atomic mass is 32.1. The maximum atomic E-state index is 11.4. The Bertz CT molecular complexity index is 548. The minimum Gasteiger partial charge on any atom is -0.454 e. The molecule has 0 aliphatic heterocycles. The van der Waals surface area contributed by atoms with Gasteiger partial charge in [0.1, 0.15) is 5.76 Å². The second-order valence-electron chi connectivity index (χ2n) is 4.50. The quantitative estimate of drug-likeness (QED) is 0.498. The number of rotatable bonds is 5. The molecule has 0 atom stereocenters. The van der Waals surface area contributed by atoms with Gasteiger partial charge in [-0.1, -0.05) is 0 Å². The fraction of sp³-hybridized carbons (Fsp3) is 0.308. The number of hydrogen-bond donors (Lipinski definition) is 2. The molecule has 0 radical (unpaired) electrons. The molecule has 0 bridgehead atoms. The summed E-state index contributed by atoms with van der Waals surface area (Å²) in [6.07, 6.45) is 0. The van der Waals surface area contributed by atoms with E-state index < -0.39 is 5.91 Å². The molecule has 102 valence electrons. The molecule has 0 aromatic carbocycles. The van der Waals surface area contributed by atoms with Crippen molar-refractivity contribution >= 4 is 17.2 Å². The Morgan fingerprint density at radius 3 is 2.95 bits per heavy atom. The molecule has 0 fully saturated rings. The number of nitrogen functional groups attached to an aromatic ring is 1. The van der Waals surface area contributed by atoms with Gasteiger partial charge >= 0.3 is 5.91 Å². The van der Waals surface area contributed by atoms with Crippen LogP contribution in [0.25, 0.3) is 0 Å². The third-order valence-electron chi connectivity index (χ3n) is 2.76. The first-order chi connectivity index (χ1) is 9.10. The van der Waals surface area contributed by atoms with Crippen molar-refractivity contribution in [1.82, 2.24) is 10.3 Å². The molecule has 0 unspecified atom stereocenters. The lowest BCUT2D eigenvalue weighted by Crippen LogP contribution is -2.30. The van der Waals surface area contributed by atoms with E-state index in [1.807, 2.05) is 20.0 Å². The van der Waals surface area contributed by atoms with E-state index in [-0.39, 0.29) is 5.76 Å². The largest absolute Gasteiger partial charge is 0.454 e. The van der Waals surface area contributed by atoms with Crippen molar-refractivity contribution in [3.63, 3.8) is 0 Å². The van der Waals surface area contributed by atoms with Gasteiger partial charge in [0.25, 0.3) is 0 Å². The van der Waals surface area contributed by atoms with Crippen LogP contribution in [0.3, 0.4) is 0 Å². The van der Waals surface area contributed by atoms with Gasteiger partial charge in [0, 0.05) is 12.1 Å².